The van der Waals surface area contributed by atoms with Crippen molar-refractivity contribution in [3.8, 4) is 0 Å². The van der Waals surface area contributed by atoms with Crippen molar-refractivity contribution in [2.75, 3.05) is 13.6 Å². The molecule has 3 rings (SSSR count). The van der Waals surface area contributed by atoms with Gasteiger partial charge in [-0.3, -0.25) is 4.79 Å². The van der Waals surface area contributed by atoms with Gasteiger partial charge in [0.2, 0.25) is 5.91 Å². The van der Waals surface area contributed by atoms with Gasteiger partial charge in [0.05, 0.1) is 19.1 Å². The minimum absolute atomic E-state index is 0.0144. The topological polar surface area (TPSA) is 29.5 Å². The molecule has 0 radical (unpaired) electrons. The molecular weight excluding hydrogens is 293 g/mol. The lowest BCUT2D eigenvalue weighted by atomic mass is 9.99. The zero-order valence-electron chi connectivity index (χ0n) is 13.2. The third-order valence-corrected chi connectivity index (χ3v) is 4.24. The number of fused-ring (bicyclic) bond motifs is 1. The second-order valence-corrected chi connectivity index (χ2v) is 5.95. The Morgan fingerprint density at radius 2 is 1.87 bits per heavy atom. The molecule has 0 aliphatic carbocycles. The predicted molar refractivity (Wildman–Crippen MR) is 86.5 cm³/mol. The highest BCUT2D eigenvalue weighted by Crippen LogP contribution is 2.21. The maximum absolute atomic E-state index is 13.6. The van der Waals surface area contributed by atoms with Crippen LogP contribution in [0, 0.1) is 5.82 Å². The molecule has 0 spiro atoms. The number of halogens is 1. The van der Waals surface area contributed by atoms with E-state index in [0.717, 1.165) is 6.42 Å². The fourth-order valence-corrected chi connectivity index (χ4v) is 2.87. The zero-order chi connectivity index (χ0) is 16.2. The van der Waals surface area contributed by atoms with Crippen molar-refractivity contribution < 1.29 is 13.9 Å². The van der Waals surface area contributed by atoms with Crippen LogP contribution >= 0.6 is 0 Å². The maximum Gasteiger partial charge on any atom is 0.226 e. The van der Waals surface area contributed by atoms with Crippen LogP contribution in [0.4, 0.5) is 4.39 Å². The number of carbonyl (C=O) groups is 1. The molecule has 1 aliphatic rings. The molecule has 1 unspecified atom stereocenters. The monoisotopic (exact) mass is 313 g/mol. The molecule has 3 nitrogen and oxygen atoms in total. The SMILES string of the molecule is CN(CC1Cc2ccccc2CO1)C(=O)Cc1ccccc1F. The van der Waals surface area contributed by atoms with E-state index in [2.05, 4.69) is 12.1 Å². The largest absolute Gasteiger partial charge is 0.371 e. The molecular formula is C19H20FNO2. The number of likely N-dealkylation sites (N-methyl/N-ethyl adjacent to an activating group) is 1. The second-order valence-electron chi connectivity index (χ2n) is 5.95. The molecule has 1 heterocycles. The molecule has 2 aromatic carbocycles. The van der Waals surface area contributed by atoms with Gasteiger partial charge in [0.25, 0.3) is 0 Å². The minimum atomic E-state index is -0.336. The Morgan fingerprint density at radius 3 is 2.65 bits per heavy atom. The Morgan fingerprint density at radius 1 is 1.17 bits per heavy atom. The van der Waals surface area contributed by atoms with Gasteiger partial charge in [0.15, 0.2) is 0 Å². The van der Waals surface area contributed by atoms with Gasteiger partial charge in [0, 0.05) is 20.0 Å². The smallest absolute Gasteiger partial charge is 0.226 e. The molecule has 120 valence electrons. The van der Waals surface area contributed by atoms with E-state index in [1.54, 1.807) is 30.1 Å². The lowest BCUT2D eigenvalue weighted by molar-refractivity contribution is -0.131. The van der Waals surface area contributed by atoms with Crippen LogP contribution in [0.1, 0.15) is 16.7 Å². The molecule has 1 amide bonds. The van der Waals surface area contributed by atoms with Crippen molar-refractivity contribution >= 4 is 5.91 Å². The van der Waals surface area contributed by atoms with Crippen molar-refractivity contribution in [1.82, 2.24) is 4.90 Å². The first-order chi connectivity index (χ1) is 11.1. The van der Waals surface area contributed by atoms with Crippen molar-refractivity contribution in [1.29, 1.82) is 0 Å². The lowest BCUT2D eigenvalue weighted by Gasteiger charge is -2.29. The summed E-state index contributed by atoms with van der Waals surface area (Å²) in [5.74, 6) is -0.436. The molecule has 0 N–H and O–H groups in total. The highest BCUT2D eigenvalue weighted by molar-refractivity contribution is 5.78. The van der Waals surface area contributed by atoms with E-state index in [-0.39, 0.29) is 24.2 Å². The quantitative estimate of drug-likeness (QED) is 0.868. The van der Waals surface area contributed by atoms with E-state index in [9.17, 15) is 9.18 Å². The number of hydrogen-bond acceptors (Lipinski definition) is 2. The lowest BCUT2D eigenvalue weighted by Crippen LogP contribution is -2.39. The number of hydrogen-bond donors (Lipinski definition) is 0. The van der Waals surface area contributed by atoms with Crippen LogP contribution in [0.3, 0.4) is 0 Å². The summed E-state index contributed by atoms with van der Waals surface area (Å²) < 4.78 is 19.5. The van der Waals surface area contributed by atoms with E-state index in [1.165, 1.54) is 17.2 Å². The van der Waals surface area contributed by atoms with Crippen molar-refractivity contribution in [3.63, 3.8) is 0 Å². The first-order valence-electron chi connectivity index (χ1n) is 7.79. The highest BCUT2D eigenvalue weighted by atomic mass is 19.1. The molecule has 0 fully saturated rings. The summed E-state index contributed by atoms with van der Waals surface area (Å²) in [6, 6.07) is 14.6. The summed E-state index contributed by atoms with van der Waals surface area (Å²) in [5, 5.41) is 0. The molecule has 4 heteroatoms. The Labute approximate surface area is 135 Å². The van der Waals surface area contributed by atoms with Gasteiger partial charge in [-0.1, -0.05) is 42.5 Å². The minimum Gasteiger partial charge on any atom is -0.371 e. The van der Waals surface area contributed by atoms with Crippen LogP contribution < -0.4 is 0 Å². The van der Waals surface area contributed by atoms with Crippen molar-refractivity contribution in [3.05, 3.63) is 71.0 Å². The number of carbonyl (C=O) groups excluding carboxylic acids is 1. The summed E-state index contributed by atoms with van der Waals surface area (Å²) in [6.07, 6.45) is 0.861. The van der Waals surface area contributed by atoms with Gasteiger partial charge >= 0.3 is 0 Å². The van der Waals surface area contributed by atoms with Gasteiger partial charge in [-0.25, -0.2) is 4.39 Å². The Balaban J connectivity index is 1.58. The van der Waals surface area contributed by atoms with Crippen LogP contribution in [-0.2, 0) is 29.0 Å². The molecule has 0 saturated carbocycles. The molecule has 0 saturated heterocycles. The van der Waals surface area contributed by atoms with Crippen LogP contribution in [0.2, 0.25) is 0 Å². The van der Waals surface area contributed by atoms with Crippen molar-refractivity contribution in [2.24, 2.45) is 0 Å². The number of amides is 1. The van der Waals surface area contributed by atoms with Gasteiger partial charge in [-0.05, 0) is 22.8 Å². The third-order valence-electron chi connectivity index (χ3n) is 4.24. The van der Waals surface area contributed by atoms with E-state index in [1.807, 2.05) is 12.1 Å². The van der Waals surface area contributed by atoms with E-state index < -0.39 is 0 Å². The van der Waals surface area contributed by atoms with Crippen LogP contribution in [0.15, 0.2) is 48.5 Å². The molecule has 0 bridgehead atoms. The zero-order valence-corrected chi connectivity index (χ0v) is 13.2. The fourth-order valence-electron chi connectivity index (χ4n) is 2.87. The predicted octanol–water partition coefficient (Wildman–Crippen LogP) is 2.97. The van der Waals surface area contributed by atoms with Crippen LogP contribution in [0.5, 0.6) is 0 Å². The number of benzene rings is 2. The highest BCUT2D eigenvalue weighted by Gasteiger charge is 2.22. The first kappa shape index (κ1) is 15.7. The summed E-state index contributed by atoms with van der Waals surface area (Å²) in [6.45, 7) is 1.10. The van der Waals surface area contributed by atoms with Crippen molar-refractivity contribution in [2.45, 2.75) is 25.6 Å². The summed E-state index contributed by atoms with van der Waals surface area (Å²) >= 11 is 0. The maximum atomic E-state index is 13.6. The fraction of sp³-hybridized carbons (Fsp3) is 0.316. The third kappa shape index (κ3) is 3.77. The second kappa shape index (κ2) is 6.92. The number of ether oxygens (including phenoxy) is 1. The van der Waals surface area contributed by atoms with Gasteiger partial charge < -0.3 is 9.64 Å². The Bertz CT molecular complexity index is 701. The average molecular weight is 313 g/mol. The standard InChI is InChI=1S/C19H20FNO2/c1-21(19(22)11-15-7-4-5-9-18(15)20)12-17-10-14-6-2-3-8-16(14)13-23-17/h2-9,17H,10-13H2,1H3. The summed E-state index contributed by atoms with van der Waals surface area (Å²) in [7, 11) is 1.74. The summed E-state index contributed by atoms with van der Waals surface area (Å²) in [5.41, 5.74) is 2.92. The molecule has 0 aromatic heterocycles. The van der Waals surface area contributed by atoms with Gasteiger partial charge in [-0.2, -0.15) is 0 Å². The Kier molecular flexibility index (Phi) is 4.72. The molecule has 1 atom stereocenters. The molecule has 1 aliphatic heterocycles. The molecule has 23 heavy (non-hydrogen) atoms. The molecule has 2 aromatic rings. The van der Waals surface area contributed by atoms with Crippen LogP contribution in [0.25, 0.3) is 0 Å². The Hall–Kier alpha value is -2.20. The van der Waals surface area contributed by atoms with Crippen LogP contribution in [-0.4, -0.2) is 30.5 Å². The van der Waals surface area contributed by atoms with E-state index in [0.29, 0.717) is 18.7 Å². The van der Waals surface area contributed by atoms with Gasteiger partial charge in [-0.15, -0.1) is 0 Å². The van der Waals surface area contributed by atoms with Gasteiger partial charge in [0.1, 0.15) is 5.82 Å². The summed E-state index contributed by atoms with van der Waals surface area (Å²) in [4.78, 5) is 13.9. The van der Waals surface area contributed by atoms with E-state index in [4.69, 9.17) is 4.74 Å². The average Bonchev–Trinajstić information content (AvgIpc) is 2.56. The number of nitrogens with zero attached hydrogens (tertiary/aromatic N) is 1. The first-order valence-corrected chi connectivity index (χ1v) is 7.79. The van der Waals surface area contributed by atoms with E-state index >= 15 is 0 Å². The normalized spacial score (nSPS) is 16.7. The number of rotatable bonds is 4.